The molecule has 0 fully saturated rings. The van der Waals surface area contributed by atoms with Crippen LogP contribution in [0, 0.1) is 6.92 Å². The Balaban J connectivity index is 0.00000600. The minimum atomic E-state index is -3.93. The van der Waals surface area contributed by atoms with Crippen molar-refractivity contribution in [2.24, 2.45) is 0 Å². The molecule has 0 amide bonds. The highest BCUT2D eigenvalue weighted by molar-refractivity contribution is 7.89. The number of esters is 4. The van der Waals surface area contributed by atoms with E-state index in [0.717, 1.165) is 12.2 Å². The summed E-state index contributed by atoms with van der Waals surface area (Å²) in [4.78, 5) is 47.2. The number of carbonyl (C=O) groups excluding carboxylic acids is 4. The van der Waals surface area contributed by atoms with Crippen LogP contribution >= 0.6 is 0 Å². The first-order chi connectivity index (χ1) is 22.3. The molecule has 16 heteroatoms. The molecule has 0 atom stereocenters. The molecule has 0 saturated carbocycles. The van der Waals surface area contributed by atoms with Gasteiger partial charge in [-0.25, -0.2) is 45.5 Å². The minimum absolute atomic E-state index is 0. The summed E-state index contributed by atoms with van der Waals surface area (Å²) in [6, 6.07) is 14.2. The van der Waals surface area contributed by atoms with Crippen LogP contribution in [-0.2, 0) is 39.1 Å². The molecular formula is C31H34N2O12S2. The van der Waals surface area contributed by atoms with Crippen molar-refractivity contribution in [3.05, 3.63) is 109 Å². The minimum Gasteiger partial charge on any atom is -0.461 e. The van der Waals surface area contributed by atoms with Crippen LogP contribution in [0.4, 0.5) is 0 Å². The average Bonchev–Trinajstić information content (AvgIpc) is 3.06. The van der Waals surface area contributed by atoms with Crippen LogP contribution in [0.3, 0.4) is 0 Å². The second-order valence-electron chi connectivity index (χ2n) is 9.29. The van der Waals surface area contributed by atoms with E-state index in [1.54, 1.807) is 6.92 Å². The summed E-state index contributed by atoms with van der Waals surface area (Å²) in [5, 5.41) is 0. The summed E-state index contributed by atoms with van der Waals surface area (Å²) in [5.41, 5.74) is 0.569. The van der Waals surface area contributed by atoms with Gasteiger partial charge in [-0.1, -0.05) is 13.2 Å². The first-order valence-electron chi connectivity index (χ1n) is 13.6. The van der Waals surface area contributed by atoms with E-state index in [-0.39, 0.29) is 61.6 Å². The third-order valence-electron chi connectivity index (χ3n) is 5.97. The maximum Gasteiger partial charge on any atom is 0.343 e. The highest BCUT2D eigenvalue weighted by Gasteiger charge is 2.18. The number of rotatable bonds is 16. The zero-order valence-electron chi connectivity index (χ0n) is 25.0. The van der Waals surface area contributed by atoms with Gasteiger partial charge in [-0.2, -0.15) is 0 Å². The standard InChI is InChI=1S/C31H30N2O12S2.2H2/c1-4-28(34)42-18-16-32-46(38,39)25-11-6-22(7-12-25)30(36)44-24-10-15-27(21(3)20-24)45-31(37)23-8-13-26(14-9-23)47(40,41)33-17-19-43-29(35)5-2;;/h4-15,20,32-33H,1-2,16-19H2,3H3;2*1H. The summed E-state index contributed by atoms with van der Waals surface area (Å²) in [5.74, 6) is -2.63. The van der Waals surface area contributed by atoms with Gasteiger partial charge in [0, 0.05) is 28.1 Å². The van der Waals surface area contributed by atoms with Gasteiger partial charge >= 0.3 is 23.9 Å². The molecule has 0 heterocycles. The number of benzene rings is 3. The molecule has 47 heavy (non-hydrogen) atoms. The normalized spacial score (nSPS) is 11.2. The largest absolute Gasteiger partial charge is 0.461 e. The second-order valence-corrected chi connectivity index (χ2v) is 12.8. The molecule has 0 radical (unpaired) electrons. The lowest BCUT2D eigenvalue weighted by atomic mass is 10.2. The number of nitrogens with one attached hydrogen (secondary N) is 2. The number of ether oxygens (including phenoxy) is 4. The van der Waals surface area contributed by atoms with Crippen LogP contribution in [0.25, 0.3) is 0 Å². The number of hydrogen-bond acceptors (Lipinski definition) is 12. The van der Waals surface area contributed by atoms with Gasteiger partial charge in [-0.3, -0.25) is 0 Å². The molecule has 0 saturated heterocycles. The first-order valence-corrected chi connectivity index (χ1v) is 16.5. The summed E-state index contributed by atoms with van der Waals surface area (Å²) >= 11 is 0. The molecular weight excluding hydrogens is 656 g/mol. The van der Waals surface area contributed by atoms with Gasteiger partial charge in [0.05, 0.1) is 20.9 Å². The van der Waals surface area contributed by atoms with Gasteiger partial charge in [0.25, 0.3) is 0 Å². The van der Waals surface area contributed by atoms with Crippen LogP contribution in [0.5, 0.6) is 11.5 Å². The lowest BCUT2D eigenvalue weighted by Crippen LogP contribution is -2.28. The predicted molar refractivity (Wildman–Crippen MR) is 171 cm³/mol. The predicted octanol–water partition coefficient (Wildman–Crippen LogP) is 2.94. The number of hydrogen-bond donors (Lipinski definition) is 2. The third kappa shape index (κ3) is 10.7. The molecule has 2 N–H and O–H groups in total. The molecule has 3 aromatic carbocycles. The smallest absolute Gasteiger partial charge is 0.343 e. The zero-order valence-corrected chi connectivity index (χ0v) is 26.6. The first kappa shape index (κ1) is 36.3. The SMILES string of the molecule is C=CC(=O)OCCNS(=O)(=O)c1ccc(C(=O)Oc2ccc(OC(=O)c3ccc(S(=O)(=O)NCCOC(=O)C=C)cc3)c(C)c2)cc1.[HH].[HH]. The van der Waals surface area contributed by atoms with Crippen LogP contribution < -0.4 is 18.9 Å². The third-order valence-corrected chi connectivity index (χ3v) is 8.92. The van der Waals surface area contributed by atoms with E-state index in [1.807, 2.05) is 0 Å². The highest BCUT2D eigenvalue weighted by atomic mass is 32.2. The lowest BCUT2D eigenvalue weighted by molar-refractivity contribution is -0.138. The molecule has 0 aliphatic carbocycles. The molecule has 0 spiro atoms. The fourth-order valence-corrected chi connectivity index (χ4v) is 5.63. The zero-order chi connectivity index (χ0) is 34.6. The molecule has 0 aliphatic heterocycles. The monoisotopic (exact) mass is 690 g/mol. The number of carbonyl (C=O) groups is 4. The van der Waals surface area contributed by atoms with Gasteiger partial charge in [0.15, 0.2) is 0 Å². The summed E-state index contributed by atoms with van der Waals surface area (Å²) in [7, 11) is -7.86. The van der Waals surface area contributed by atoms with Gasteiger partial charge < -0.3 is 18.9 Å². The molecule has 0 bridgehead atoms. The Morgan fingerprint density at radius 1 is 0.681 bits per heavy atom. The van der Waals surface area contributed by atoms with E-state index < -0.39 is 43.9 Å². The Morgan fingerprint density at radius 3 is 1.51 bits per heavy atom. The fourth-order valence-electron chi connectivity index (χ4n) is 3.60. The van der Waals surface area contributed by atoms with Gasteiger partial charge in [-0.15, -0.1) is 0 Å². The molecule has 0 aliphatic rings. The Hall–Kier alpha value is -5.16. The molecule has 0 aromatic heterocycles. The van der Waals surface area contributed by atoms with Crippen molar-refractivity contribution in [2.45, 2.75) is 16.7 Å². The Labute approximate surface area is 274 Å². The van der Waals surface area contributed by atoms with Crippen molar-refractivity contribution < 1.29 is 57.8 Å². The molecule has 252 valence electrons. The Morgan fingerprint density at radius 2 is 1.11 bits per heavy atom. The average molecular weight is 691 g/mol. The van der Waals surface area contributed by atoms with Crippen molar-refractivity contribution in [3.63, 3.8) is 0 Å². The van der Waals surface area contributed by atoms with Crippen molar-refractivity contribution in [2.75, 3.05) is 26.3 Å². The fraction of sp³-hybridized carbons (Fsp3) is 0.161. The van der Waals surface area contributed by atoms with E-state index in [0.29, 0.717) is 5.56 Å². The summed E-state index contributed by atoms with van der Waals surface area (Å²) < 4.78 is 74.4. The van der Waals surface area contributed by atoms with E-state index in [2.05, 4.69) is 22.6 Å². The summed E-state index contributed by atoms with van der Waals surface area (Å²) in [6.07, 6.45) is 1.91. The maximum atomic E-state index is 12.7. The quantitative estimate of drug-likeness (QED) is 0.0966. The maximum absolute atomic E-state index is 12.7. The van der Waals surface area contributed by atoms with Crippen LogP contribution in [-0.4, -0.2) is 67.0 Å². The molecule has 0 unspecified atom stereocenters. The van der Waals surface area contributed by atoms with Crippen molar-refractivity contribution >= 4 is 43.9 Å². The van der Waals surface area contributed by atoms with Crippen molar-refractivity contribution in [1.29, 1.82) is 0 Å². The molecule has 14 nitrogen and oxygen atoms in total. The van der Waals surface area contributed by atoms with E-state index in [4.69, 9.17) is 18.9 Å². The number of sulfonamides is 2. The topological polar surface area (TPSA) is 198 Å². The van der Waals surface area contributed by atoms with Gasteiger partial charge in [-0.05, 0) is 79.2 Å². The molecule has 3 rings (SSSR count). The van der Waals surface area contributed by atoms with E-state index >= 15 is 0 Å². The van der Waals surface area contributed by atoms with Crippen molar-refractivity contribution in [3.8, 4) is 11.5 Å². The lowest BCUT2D eigenvalue weighted by Gasteiger charge is -2.11. The van der Waals surface area contributed by atoms with Crippen LogP contribution in [0.2, 0.25) is 0 Å². The number of aryl methyl sites for hydroxylation is 1. The molecule has 3 aromatic rings. The van der Waals surface area contributed by atoms with Crippen molar-refractivity contribution in [1.82, 2.24) is 9.44 Å². The Kier molecular flexibility index (Phi) is 12.7. The van der Waals surface area contributed by atoms with Gasteiger partial charge in [0.2, 0.25) is 20.0 Å². The van der Waals surface area contributed by atoms with Crippen LogP contribution in [0.15, 0.2) is 102 Å². The van der Waals surface area contributed by atoms with E-state index in [1.165, 1.54) is 66.7 Å². The second kappa shape index (κ2) is 16.4. The van der Waals surface area contributed by atoms with Gasteiger partial charge in [0.1, 0.15) is 24.7 Å². The Bertz CT molecular complexity index is 1880. The van der Waals surface area contributed by atoms with E-state index in [9.17, 15) is 36.0 Å². The van der Waals surface area contributed by atoms with Crippen LogP contribution in [0.1, 0.15) is 29.1 Å². The highest BCUT2D eigenvalue weighted by Crippen LogP contribution is 2.25. The summed E-state index contributed by atoms with van der Waals surface area (Å²) in [6.45, 7) is 7.38.